The molecule has 7 heteroatoms. The van der Waals surface area contributed by atoms with Crippen molar-refractivity contribution < 1.29 is 0 Å². The maximum atomic E-state index is 9.25. The summed E-state index contributed by atoms with van der Waals surface area (Å²) in [6.07, 6.45) is 1.48. The quantitative estimate of drug-likeness (QED) is 0.872. The van der Waals surface area contributed by atoms with Crippen LogP contribution in [-0.4, -0.2) is 43.2 Å². The molecule has 0 radical (unpaired) electrons. The third-order valence-corrected chi connectivity index (χ3v) is 4.26. The highest BCUT2D eigenvalue weighted by Gasteiger charge is 2.22. The fourth-order valence-corrected chi connectivity index (χ4v) is 3.04. The van der Waals surface area contributed by atoms with Crippen LogP contribution < -0.4 is 15.1 Å². The van der Waals surface area contributed by atoms with E-state index in [-0.39, 0.29) is 0 Å². The van der Waals surface area contributed by atoms with Crippen LogP contribution >= 0.6 is 11.6 Å². The van der Waals surface area contributed by atoms with Gasteiger partial charge in [-0.05, 0) is 12.1 Å². The van der Waals surface area contributed by atoms with Gasteiger partial charge in [0.15, 0.2) is 11.0 Å². The van der Waals surface area contributed by atoms with Gasteiger partial charge in [-0.1, -0.05) is 23.7 Å². The van der Waals surface area contributed by atoms with Crippen LogP contribution in [0.1, 0.15) is 5.56 Å². The van der Waals surface area contributed by atoms with E-state index in [4.69, 9.17) is 11.6 Å². The molecule has 0 amide bonds. The van der Waals surface area contributed by atoms with E-state index in [1.54, 1.807) is 0 Å². The third kappa shape index (κ3) is 3.01. The highest BCUT2D eigenvalue weighted by Crippen LogP contribution is 2.30. The summed E-state index contributed by atoms with van der Waals surface area (Å²) in [7, 11) is 1.81. The van der Waals surface area contributed by atoms with Gasteiger partial charge in [-0.3, -0.25) is 0 Å². The van der Waals surface area contributed by atoms with Crippen LogP contribution in [0.2, 0.25) is 5.15 Å². The van der Waals surface area contributed by atoms with Crippen LogP contribution in [0, 0.1) is 11.3 Å². The molecule has 0 saturated carbocycles. The highest BCUT2D eigenvalue weighted by atomic mass is 35.5. The molecule has 2 heterocycles. The molecule has 0 aliphatic carbocycles. The number of nitriles is 1. The molecular weight excluding hydrogens is 312 g/mol. The molecule has 118 valence electrons. The van der Waals surface area contributed by atoms with E-state index in [1.165, 1.54) is 6.33 Å². The maximum absolute atomic E-state index is 9.25. The van der Waals surface area contributed by atoms with Crippen molar-refractivity contribution in [3.8, 4) is 6.07 Å². The zero-order valence-corrected chi connectivity index (χ0v) is 13.6. The summed E-state index contributed by atoms with van der Waals surface area (Å²) in [6, 6.07) is 9.96. The number of hydrogen-bond acceptors (Lipinski definition) is 6. The summed E-state index contributed by atoms with van der Waals surface area (Å²) in [4.78, 5) is 12.8. The molecule has 1 aromatic heterocycles. The van der Waals surface area contributed by atoms with Crippen LogP contribution in [0.5, 0.6) is 0 Å². The lowest BCUT2D eigenvalue weighted by atomic mass is 10.1. The number of nitrogens with zero attached hydrogens (tertiary/aromatic N) is 5. The van der Waals surface area contributed by atoms with Gasteiger partial charge in [0.2, 0.25) is 0 Å². The summed E-state index contributed by atoms with van der Waals surface area (Å²) in [5.74, 6) is 0.820. The monoisotopic (exact) mass is 328 g/mol. The Hall–Kier alpha value is -2.52. The summed E-state index contributed by atoms with van der Waals surface area (Å²) < 4.78 is 0. The largest absolute Gasteiger partial charge is 0.383 e. The van der Waals surface area contributed by atoms with Gasteiger partial charge in [-0.15, -0.1) is 0 Å². The van der Waals surface area contributed by atoms with Gasteiger partial charge in [0.1, 0.15) is 18.1 Å². The molecule has 0 spiro atoms. The summed E-state index contributed by atoms with van der Waals surface area (Å²) in [5, 5.41) is 12.7. The molecule has 1 saturated heterocycles. The van der Waals surface area contributed by atoms with E-state index < -0.39 is 0 Å². The van der Waals surface area contributed by atoms with Crippen LogP contribution in [-0.2, 0) is 0 Å². The van der Waals surface area contributed by atoms with E-state index in [0.29, 0.717) is 10.7 Å². The molecular formula is C16H17ClN6. The Morgan fingerprint density at radius 2 is 1.83 bits per heavy atom. The van der Waals surface area contributed by atoms with Gasteiger partial charge in [-0.25, -0.2) is 9.97 Å². The minimum Gasteiger partial charge on any atom is -0.383 e. The fraction of sp³-hybridized carbons (Fsp3) is 0.312. The van der Waals surface area contributed by atoms with Crippen molar-refractivity contribution in [1.29, 1.82) is 5.26 Å². The third-order valence-electron chi connectivity index (χ3n) is 3.98. The normalized spacial score (nSPS) is 14.5. The number of aromatic nitrogens is 2. The lowest BCUT2D eigenvalue weighted by molar-refractivity contribution is 0.647. The standard InChI is InChI=1S/C16H17ClN6/c1-19-14-15(17)20-11-21-16(14)23-8-6-22(7-9-23)13-5-3-2-4-12(13)10-18/h2-5,11,19H,6-9H2,1H3. The highest BCUT2D eigenvalue weighted by molar-refractivity contribution is 6.32. The Kier molecular flexibility index (Phi) is 4.49. The molecule has 1 aliphatic heterocycles. The second-order valence-electron chi connectivity index (χ2n) is 5.22. The van der Waals surface area contributed by atoms with Gasteiger partial charge < -0.3 is 15.1 Å². The topological polar surface area (TPSA) is 68.1 Å². The smallest absolute Gasteiger partial charge is 0.157 e. The number of anilines is 3. The van der Waals surface area contributed by atoms with Crippen molar-refractivity contribution in [3.05, 3.63) is 41.3 Å². The Morgan fingerprint density at radius 1 is 1.13 bits per heavy atom. The van der Waals surface area contributed by atoms with E-state index in [9.17, 15) is 5.26 Å². The van der Waals surface area contributed by atoms with Crippen LogP contribution in [0.3, 0.4) is 0 Å². The molecule has 6 nitrogen and oxygen atoms in total. The molecule has 3 rings (SSSR count). The zero-order valence-electron chi connectivity index (χ0n) is 12.8. The molecule has 1 aromatic carbocycles. The fourth-order valence-electron chi connectivity index (χ4n) is 2.81. The number of halogens is 1. The predicted octanol–water partition coefficient (Wildman–Crippen LogP) is 2.37. The average Bonchev–Trinajstić information content (AvgIpc) is 2.61. The van der Waals surface area contributed by atoms with Gasteiger partial charge in [0.25, 0.3) is 0 Å². The number of hydrogen-bond donors (Lipinski definition) is 1. The van der Waals surface area contributed by atoms with E-state index in [2.05, 4.69) is 31.2 Å². The molecule has 0 unspecified atom stereocenters. The maximum Gasteiger partial charge on any atom is 0.157 e. The van der Waals surface area contributed by atoms with Crippen molar-refractivity contribution in [2.45, 2.75) is 0 Å². The molecule has 1 N–H and O–H groups in total. The van der Waals surface area contributed by atoms with Crippen molar-refractivity contribution in [2.24, 2.45) is 0 Å². The van der Waals surface area contributed by atoms with Crippen molar-refractivity contribution in [1.82, 2.24) is 9.97 Å². The first-order valence-corrected chi connectivity index (χ1v) is 7.79. The molecule has 1 aliphatic rings. The second kappa shape index (κ2) is 6.71. The second-order valence-corrected chi connectivity index (χ2v) is 5.57. The lowest BCUT2D eigenvalue weighted by Crippen LogP contribution is -2.47. The molecule has 0 atom stereocenters. The number of nitrogens with one attached hydrogen (secondary N) is 1. The van der Waals surface area contributed by atoms with E-state index in [1.807, 2.05) is 31.3 Å². The first kappa shape index (κ1) is 15.4. The molecule has 0 bridgehead atoms. The summed E-state index contributed by atoms with van der Waals surface area (Å²) in [6.45, 7) is 3.26. The Bertz CT molecular complexity index is 734. The Balaban J connectivity index is 1.77. The van der Waals surface area contributed by atoms with Crippen LogP contribution in [0.25, 0.3) is 0 Å². The minimum atomic E-state index is 0.426. The lowest BCUT2D eigenvalue weighted by Gasteiger charge is -2.37. The van der Waals surface area contributed by atoms with Crippen molar-refractivity contribution in [3.63, 3.8) is 0 Å². The first-order chi connectivity index (χ1) is 11.2. The van der Waals surface area contributed by atoms with Gasteiger partial charge >= 0.3 is 0 Å². The van der Waals surface area contributed by atoms with Gasteiger partial charge in [-0.2, -0.15) is 5.26 Å². The average molecular weight is 329 g/mol. The summed E-state index contributed by atoms with van der Waals surface area (Å²) >= 11 is 6.13. The van der Waals surface area contributed by atoms with Gasteiger partial charge in [0.05, 0.1) is 11.3 Å². The molecule has 1 fully saturated rings. The number of para-hydroxylation sites is 1. The van der Waals surface area contributed by atoms with Crippen LogP contribution in [0.4, 0.5) is 17.2 Å². The molecule has 23 heavy (non-hydrogen) atoms. The van der Waals surface area contributed by atoms with E-state index in [0.717, 1.165) is 43.4 Å². The molecule has 2 aromatic rings. The Labute approximate surface area is 140 Å². The minimum absolute atomic E-state index is 0.426. The van der Waals surface area contributed by atoms with Crippen molar-refractivity contribution in [2.75, 3.05) is 48.3 Å². The predicted molar refractivity (Wildman–Crippen MR) is 92.2 cm³/mol. The first-order valence-electron chi connectivity index (χ1n) is 7.42. The van der Waals surface area contributed by atoms with Crippen molar-refractivity contribution >= 4 is 28.8 Å². The number of piperazine rings is 1. The number of rotatable bonds is 3. The SMILES string of the molecule is CNc1c(Cl)ncnc1N1CCN(c2ccccc2C#N)CC1. The van der Waals surface area contributed by atoms with Gasteiger partial charge in [0, 0.05) is 33.2 Å². The summed E-state index contributed by atoms with van der Waals surface area (Å²) in [5.41, 5.74) is 2.45. The van der Waals surface area contributed by atoms with Crippen LogP contribution in [0.15, 0.2) is 30.6 Å². The zero-order chi connectivity index (χ0) is 16.2. The number of benzene rings is 1. The Morgan fingerprint density at radius 3 is 2.52 bits per heavy atom. The van der Waals surface area contributed by atoms with E-state index >= 15 is 0 Å².